The lowest BCUT2D eigenvalue weighted by atomic mass is 9.84. The SMILES string of the molecule is C[C@@H]1[C@@H](c2ccccc2)N(C)CC[C@@H]1O. The van der Waals surface area contributed by atoms with Gasteiger partial charge in [0.05, 0.1) is 6.10 Å². The van der Waals surface area contributed by atoms with Crippen LogP contribution in [0.25, 0.3) is 0 Å². The molecule has 2 rings (SSSR count). The largest absolute Gasteiger partial charge is 0.393 e. The minimum Gasteiger partial charge on any atom is -0.393 e. The molecule has 0 spiro atoms. The van der Waals surface area contributed by atoms with Crippen molar-refractivity contribution in [2.75, 3.05) is 13.6 Å². The van der Waals surface area contributed by atoms with Crippen LogP contribution in [0.2, 0.25) is 0 Å². The van der Waals surface area contributed by atoms with Gasteiger partial charge in [0.15, 0.2) is 0 Å². The summed E-state index contributed by atoms with van der Waals surface area (Å²) in [6.45, 7) is 3.11. The van der Waals surface area contributed by atoms with Crippen molar-refractivity contribution in [2.24, 2.45) is 5.92 Å². The molecule has 0 aliphatic carbocycles. The number of likely N-dealkylation sites (tertiary alicyclic amines) is 1. The Morgan fingerprint density at radius 1 is 1.27 bits per heavy atom. The van der Waals surface area contributed by atoms with E-state index in [1.54, 1.807) is 0 Å². The Morgan fingerprint density at radius 3 is 2.60 bits per heavy atom. The Kier molecular flexibility index (Phi) is 3.08. The lowest BCUT2D eigenvalue weighted by Crippen LogP contribution is -2.42. The van der Waals surface area contributed by atoms with Gasteiger partial charge in [0, 0.05) is 18.5 Å². The van der Waals surface area contributed by atoms with Crippen molar-refractivity contribution in [3.63, 3.8) is 0 Å². The molecule has 0 radical (unpaired) electrons. The second-order valence-electron chi connectivity index (χ2n) is 4.55. The number of hydrogen-bond acceptors (Lipinski definition) is 2. The standard InChI is InChI=1S/C13H19NO/c1-10-12(15)8-9-14(2)13(10)11-6-4-3-5-7-11/h3-7,10,12-13,15H,8-9H2,1-2H3/t10-,12-,13-/m0/s1. The topological polar surface area (TPSA) is 23.5 Å². The third-order valence-electron chi connectivity index (χ3n) is 3.50. The molecule has 0 bridgehead atoms. The summed E-state index contributed by atoms with van der Waals surface area (Å²) in [5.41, 5.74) is 1.31. The van der Waals surface area contributed by atoms with Crippen molar-refractivity contribution in [2.45, 2.75) is 25.5 Å². The molecule has 1 aliphatic rings. The molecule has 1 saturated heterocycles. The fraction of sp³-hybridized carbons (Fsp3) is 0.538. The van der Waals surface area contributed by atoms with Gasteiger partial charge < -0.3 is 5.11 Å². The average molecular weight is 205 g/mol. The molecule has 2 heteroatoms. The van der Waals surface area contributed by atoms with Gasteiger partial charge in [0.2, 0.25) is 0 Å². The van der Waals surface area contributed by atoms with Crippen molar-refractivity contribution in [1.29, 1.82) is 0 Å². The maximum Gasteiger partial charge on any atom is 0.0596 e. The highest BCUT2D eigenvalue weighted by molar-refractivity contribution is 5.20. The van der Waals surface area contributed by atoms with Gasteiger partial charge in [-0.3, -0.25) is 4.90 Å². The van der Waals surface area contributed by atoms with Crippen molar-refractivity contribution in [3.05, 3.63) is 35.9 Å². The zero-order valence-corrected chi connectivity index (χ0v) is 9.43. The molecule has 0 aromatic heterocycles. The maximum atomic E-state index is 9.90. The molecule has 1 fully saturated rings. The molecular formula is C13H19NO. The Hall–Kier alpha value is -0.860. The summed E-state index contributed by atoms with van der Waals surface area (Å²) in [6.07, 6.45) is 0.729. The monoisotopic (exact) mass is 205 g/mol. The first-order valence-corrected chi connectivity index (χ1v) is 5.63. The van der Waals surface area contributed by atoms with Crippen molar-refractivity contribution < 1.29 is 5.11 Å². The van der Waals surface area contributed by atoms with Gasteiger partial charge in [-0.1, -0.05) is 37.3 Å². The Balaban J connectivity index is 2.25. The smallest absolute Gasteiger partial charge is 0.0596 e. The van der Waals surface area contributed by atoms with Crippen LogP contribution in [0.5, 0.6) is 0 Å². The second kappa shape index (κ2) is 4.33. The fourth-order valence-corrected chi connectivity index (χ4v) is 2.56. The van der Waals surface area contributed by atoms with Crippen molar-refractivity contribution >= 4 is 0 Å². The lowest BCUT2D eigenvalue weighted by molar-refractivity contribution is 0.00224. The van der Waals surface area contributed by atoms with Gasteiger partial charge in [0.25, 0.3) is 0 Å². The normalized spacial score (nSPS) is 32.9. The Bertz CT molecular complexity index is 312. The van der Waals surface area contributed by atoms with Gasteiger partial charge in [-0.2, -0.15) is 0 Å². The van der Waals surface area contributed by atoms with Gasteiger partial charge in [0.1, 0.15) is 0 Å². The van der Waals surface area contributed by atoms with E-state index in [1.165, 1.54) is 5.56 Å². The molecule has 0 unspecified atom stereocenters. The van der Waals surface area contributed by atoms with E-state index in [-0.39, 0.29) is 6.10 Å². The first kappa shape index (κ1) is 10.7. The predicted octanol–water partition coefficient (Wildman–Crippen LogP) is 2.06. The minimum absolute atomic E-state index is 0.161. The van der Waals surface area contributed by atoms with Crippen LogP contribution >= 0.6 is 0 Å². The Labute approximate surface area is 91.5 Å². The van der Waals surface area contributed by atoms with Crippen LogP contribution < -0.4 is 0 Å². The second-order valence-corrected chi connectivity index (χ2v) is 4.55. The van der Waals surface area contributed by atoms with Gasteiger partial charge in [-0.15, -0.1) is 0 Å². The summed E-state index contributed by atoms with van der Waals surface area (Å²) >= 11 is 0. The summed E-state index contributed by atoms with van der Waals surface area (Å²) in [7, 11) is 2.14. The van der Waals surface area contributed by atoms with E-state index in [0.717, 1.165) is 13.0 Å². The molecule has 0 saturated carbocycles. The van der Waals surface area contributed by atoms with E-state index >= 15 is 0 Å². The quantitative estimate of drug-likeness (QED) is 0.758. The molecule has 1 aromatic carbocycles. The molecular weight excluding hydrogens is 186 g/mol. The molecule has 3 atom stereocenters. The fourth-order valence-electron chi connectivity index (χ4n) is 2.56. The van der Waals surface area contributed by atoms with Gasteiger partial charge >= 0.3 is 0 Å². The highest BCUT2D eigenvalue weighted by Crippen LogP contribution is 2.34. The first-order chi connectivity index (χ1) is 7.20. The zero-order chi connectivity index (χ0) is 10.8. The van der Waals surface area contributed by atoms with Crippen molar-refractivity contribution in [3.8, 4) is 0 Å². The minimum atomic E-state index is -0.161. The van der Waals surface area contributed by atoms with E-state index in [2.05, 4.69) is 43.1 Å². The summed E-state index contributed by atoms with van der Waals surface area (Å²) in [5.74, 6) is 0.311. The summed E-state index contributed by atoms with van der Waals surface area (Å²) in [5, 5.41) is 9.90. The molecule has 1 aromatic rings. The number of benzene rings is 1. The first-order valence-electron chi connectivity index (χ1n) is 5.63. The summed E-state index contributed by atoms with van der Waals surface area (Å²) in [6, 6.07) is 10.8. The average Bonchev–Trinajstić information content (AvgIpc) is 2.26. The third-order valence-corrected chi connectivity index (χ3v) is 3.50. The summed E-state index contributed by atoms with van der Waals surface area (Å²) < 4.78 is 0. The number of aliphatic hydroxyl groups is 1. The van der Waals surface area contributed by atoms with Crippen LogP contribution in [0.1, 0.15) is 24.9 Å². The van der Waals surface area contributed by atoms with E-state index < -0.39 is 0 Å². The van der Waals surface area contributed by atoms with Gasteiger partial charge in [-0.25, -0.2) is 0 Å². The van der Waals surface area contributed by atoms with Crippen LogP contribution in [0.4, 0.5) is 0 Å². The molecule has 1 N–H and O–H groups in total. The number of rotatable bonds is 1. The van der Waals surface area contributed by atoms with Crippen LogP contribution in [0, 0.1) is 5.92 Å². The molecule has 0 amide bonds. The predicted molar refractivity (Wildman–Crippen MR) is 61.6 cm³/mol. The number of aliphatic hydroxyl groups excluding tert-OH is 1. The number of hydrogen-bond donors (Lipinski definition) is 1. The molecule has 1 heterocycles. The van der Waals surface area contributed by atoms with Crippen LogP contribution in [0.3, 0.4) is 0 Å². The molecule has 2 nitrogen and oxygen atoms in total. The highest BCUT2D eigenvalue weighted by atomic mass is 16.3. The van der Waals surface area contributed by atoms with Gasteiger partial charge in [-0.05, 0) is 19.0 Å². The van der Waals surface area contributed by atoms with E-state index in [0.29, 0.717) is 12.0 Å². The highest BCUT2D eigenvalue weighted by Gasteiger charge is 2.32. The third kappa shape index (κ3) is 2.06. The van der Waals surface area contributed by atoms with Crippen molar-refractivity contribution in [1.82, 2.24) is 4.90 Å². The Morgan fingerprint density at radius 2 is 1.93 bits per heavy atom. The lowest BCUT2D eigenvalue weighted by Gasteiger charge is -2.40. The molecule has 15 heavy (non-hydrogen) atoms. The molecule has 82 valence electrons. The van der Waals surface area contributed by atoms with E-state index in [1.807, 2.05) is 6.07 Å². The summed E-state index contributed by atoms with van der Waals surface area (Å²) in [4.78, 5) is 2.34. The van der Waals surface area contributed by atoms with Crippen LogP contribution in [0.15, 0.2) is 30.3 Å². The molecule has 1 aliphatic heterocycles. The maximum absolute atomic E-state index is 9.90. The zero-order valence-electron chi connectivity index (χ0n) is 9.43. The number of nitrogens with zero attached hydrogens (tertiary/aromatic N) is 1. The number of piperidine rings is 1. The van der Waals surface area contributed by atoms with Crippen LogP contribution in [-0.2, 0) is 0 Å². The van der Waals surface area contributed by atoms with Crippen LogP contribution in [-0.4, -0.2) is 29.7 Å². The van der Waals surface area contributed by atoms with E-state index in [4.69, 9.17) is 0 Å². The van der Waals surface area contributed by atoms with E-state index in [9.17, 15) is 5.11 Å².